The Kier molecular flexibility index (Phi) is 69.8. The molecule has 0 aromatic rings. The molecule has 0 saturated heterocycles. The summed E-state index contributed by atoms with van der Waals surface area (Å²) in [5.74, 6) is -0.783. The molecule has 0 aliphatic carbocycles. The van der Waals surface area contributed by atoms with Crippen molar-refractivity contribution < 1.29 is 42.1 Å². The van der Waals surface area contributed by atoms with Gasteiger partial charge in [0.2, 0.25) is 0 Å². The highest BCUT2D eigenvalue weighted by Crippen LogP contribution is 2.43. The number of rotatable bonds is 72. The third-order valence-electron chi connectivity index (χ3n) is 17.1. The summed E-state index contributed by atoms with van der Waals surface area (Å²) in [5, 5.41) is 0. The van der Waals surface area contributed by atoms with Gasteiger partial charge in [0.25, 0.3) is 0 Å². The van der Waals surface area contributed by atoms with Crippen molar-refractivity contribution in [2.24, 2.45) is 0 Å². The Morgan fingerprint density at radius 1 is 0.348 bits per heavy atom. The molecule has 0 radical (unpaired) electrons. The van der Waals surface area contributed by atoms with E-state index in [1.54, 1.807) is 0 Å². The number of esters is 2. The number of allylic oxidation sites excluding steroid dienone is 16. The van der Waals surface area contributed by atoms with E-state index in [4.69, 9.17) is 18.5 Å². The van der Waals surface area contributed by atoms with Crippen molar-refractivity contribution in [2.75, 3.05) is 47.5 Å². The SMILES string of the molecule is CC/C=C\C/C=C\C/C=C\C/C=C\C/C=C\C/C=C\C/C=C\C/C=C\CCCCCCCCCCCCCCCCC(=O)OC(COC(=O)CCCCCCCCCCCCCCCCCCCCCCCCCCCCCCC)COP(=O)(O)OCC[N+](C)(C)C. The quantitative estimate of drug-likeness (QED) is 0.0211. The maximum atomic E-state index is 12.9. The normalized spacial score (nSPS) is 13.6. The first kappa shape index (κ1) is 88.9. The second kappa shape index (κ2) is 72.2. The van der Waals surface area contributed by atoms with Crippen LogP contribution in [-0.2, 0) is 32.7 Å². The van der Waals surface area contributed by atoms with E-state index in [9.17, 15) is 19.0 Å². The van der Waals surface area contributed by atoms with E-state index in [0.29, 0.717) is 23.9 Å². The molecule has 2 atom stereocenters. The predicted octanol–water partition coefficient (Wildman–Crippen LogP) is 25.8. The van der Waals surface area contributed by atoms with Gasteiger partial charge in [-0.15, -0.1) is 0 Å². The summed E-state index contributed by atoms with van der Waals surface area (Å²) in [6.45, 7) is 4.37. The number of hydrogen-bond acceptors (Lipinski definition) is 7. The number of likely N-dealkylation sites (N-methyl/N-ethyl adjacent to an activating group) is 1. The minimum atomic E-state index is -4.40. The molecule has 0 heterocycles. The number of carbonyl (C=O) groups is 2. The molecule has 0 amide bonds. The maximum absolute atomic E-state index is 12.9. The first-order valence-corrected chi connectivity index (χ1v) is 40.5. The lowest BCUT2D eigenvalue weighted by Gasteiger charge is -2.24. The van der Waals surface area contributed by atoms with Gasteiger partial charge in [0, 0.05) is 12.8 Å². The van der Waals surface area contributed by atoms with E-state index in [1.165, 1.54) is 238 Å². The summed E-state index contributed by atoms with van der Waals surface area (Å²) in [6, 6.07) is 0. The van der Waals surface area contributed by atoms with Crippen LogP contribution in [0.5, 0.6) is 0 Å². The lowest BCUT2D eigenvalue weighted by atomic mass is 10.0. The molecule has 0 fully saturated rings. The molecule has 534 valence electrons. The Labute approximate surface area is 570 Å². The number of phosphoric acid groups is 1. The summed E-state index contributed by atoms with van der Waals surface area (Å²) in [6.07, 6.45) is 101. The third kappa shape index (κ3) is 76.0. The van der Waals surface area contributed by atoms with Crippen LogP contribution in [-0.4, -0.2) is 74.9 Å². The number of hydrogen-bond donors (Lipinski definition) is 1. The zero-order valence-corrected chi connectivity index (χ0v) is 61.9. The van der Waals surface area contributed by atoms with E-state index < -0.39 is 26.5 Å². The summed E-state index contributed by atoms with van der Waals surface area (Å²) < 4.78 is 34.8. The summed E-state index contributed by atoms with van der Waals surface area (Å²) >= 11 is 0. The van der Waals surface area contributed by atoms with Gasteiger partial charge in [-0.05, 0) is 77.0 Å². The highest BCUT2D eigenvalue weighted by Gasteiger charge is 2.27. The maximum Gasteiger partial charge on any atom is 0.472 e. The monoisotopic (exact) mass is 1310 g/mol. The minimum absolute atomic E-state index is 0.0310. The number of quaternary nitrogens is 1. The molecule has 2 unspecified atom stereocenters. The van der Waals surface area contributed by atoms with Crippen molar-refractivity contribution in [1.82, 2.24) is 0 Å². The molecule has 1 N–H and O–H groups in total. The highest BCUT2D eigenvalue weighted by molar-refractivity contribution is 7.47. The van der Waals surface area contributed by atoms with Crippen molar-refractivity contribution in [3.05, 3.63) is 97.2 Å². The Balaban J connectivity index is 3.98. The molecule has 0 aliphatic rings. The molecule has 0 spiro atoms. The fourth-order valence-electron chi connectivity index (χ4n) is 11.2. The number of ether oxygens (including phenoxy) is 2. The fourth-order valence-corrected chi connectivity index (χ4v) is 12.0. The first-order valence-electron chi connectivity index (χ1n) is 39.0. The van der Waals surface area contributed by atoms with Crippen molar-refractivity contribution >= 4 is 19.8 Å². The van der Waals surface area contributed by atoms with Crippen molar-refractivity contribution in [1.29, 1.82) is 0 Å². The average Bonchev–Trinajstić information content (AvgIpc) is 2.14. The Morgan fingerprint density at radius 3 is 0.924 bits per heavy atom. The largest absolute Gasteiger partial charge is 0.472 e. The molecule has 0 aromatic heterocycles. The molecule has 0 rings (SSSR count). The number of carbonyl (C=O) groups excluding carboxylic acids is 2. The van der Waals surface area contributed by atoms with Crippen molar-refractivity contribution in [2.45, 2.75) is 367 Å². The van der Waals surface area contributed by atoms with Crippen LogP contribution in [0.4, 0.5) is 0 Å². The fraction of sp³-hybridized carbons (Fsp3) is 0.780. The molecule has 9 nitrogen and oxygen atoms in total. The minimum Gasteiger partial charge on any atom is -0.462 e. The van der Waals surface area contributed by atoms with Crippen LogP contribution in [0.15, 0.2) is 97.2 Å². The topological polar surface area (TPSA) is 108 Å². The number of phosphoric ester groups is 1. The zero-order chi connectivity index (χ0) is 66.9. The van der Waals surface area contributed by atoms with Crippen LogP contribution in [0, 0.1) is 0 Å². The molecule has 10 heteroatoms. The van der Waals surface area contributed by atoms with Gasteiger partial charge >= 0.3 is 19.8 Å². The molecule has 0 saturated carbocycles. The number of nitrogens with zero attached hydrogens (tertiary/aromatic N) is 1. The predicted molar refractivity (Wildman–Crippen MR) is 399 cm³/mol. The van der Waals surface area contributed by atoms with Crippen LogP contribution in [0.25, 0.3) is 0 Å². The van der Waals surface area contributed by atoms with Gasteiger partial charge in [0.15, 0.2) is 6.10 Å². The second-order valence-corrected chi connectivity index (χ2v) is 28.8. The van der Waals surface area contributed by atoms with Crippen molar-refractivity contribution in [3.63, 3.8) is 0 Å². The summed E-state index contributed by atoms with van der Waals surface area (Å²) in [5.41, 5.74) is 0. The average molecular weight is 1310 g/mol. The van der Waals surface area contributed by atoms with Gasteiger partial charge in [-0.2, -0.15) is 0 Å². The Bertz CT molecular complexity index is 1880. The lowest BCUT2D eigenvalue weighted by Crippen LogP contribution is -2.37. The van der Waals surface area contributed by atoms with Crippen LogP contribution >= 0.6 is 7.82 Å². The zero-order valence-electron chi connectivity index (χ0n) is 61.0. The number of unbranched alkanes of at least 4 members (excludes halogenated alkanes) is 42. The molecule has 0 aliphatic heterocycles. The van der Waals surface area contributed by atoms with Crippen LogP contribution in [0.1, 0.15) is 361 Å². The molecular weight excluding hydrogens is 1160 g/mol. The smallest absolute Gasteiger partial charge is 0.462 e. The van der Waals surface area contributed by atoms with Crippen LogP contribution in [0.3, 0.4) is 0 Å². The molecule has 92 heavy (non-hydrogen) atoms. The van der Waals surface area contributed by atoms with E-state index in [0.717, 1.165) is 89.9 Å². The molecule has 0 aromatic carbocycles. The van der Waals surface area contributed by atoms with E-state index >= 15 is 0 Å². The summed E-state index contributed by atoms with van der Waals surface area (Å²) in [7, 11) is 1.49. The van der Waals surface area contributed by atoms with E-state index in [2.05, 4.69) is 111 Å². The van der Waals surface area contributed by atoms with E-state index in [-0.39, 0.29) is 25.6 Å². The van der Waals surface area contributed by atoms with Gasteiger partial charge in [0.1, 0.15) is 19.8 Å². The standard InChI is InChI=1S/C82H148NO8P/c1-6-8-10-12-14-16-18-20-22-24-26-28-30-32-34-36-37-38-39-40-41-42-43-44-45-47-49-51-53-55-57-59-61-63-65-67-69-71-73-75-82(85)91-80(79-90-92(86,87)89-77-76-83(3,4)5)78-88-81(84)74-72-70-68-66-64-62-60-58-56-54-52-50-48-46-35-33-31-29-27-25-23-21-19-17-15-13-11-9-7-2/h8,10,14,16,20,22,26,28,32,34,37-38,40-41,43-44,80H,6-7,9,11-13,15,17-19,21,23-25,27,29-31,33,35-36,39,42,45-79H2,1-5H3/p+1/b10-8-,16-14-,22-20-,28-26-,34-32-,38-37-,41-40-,44-43-. The molecule has 0 bridgehead atoms. The van der Waals surface area contributed by atoms with Gasteiger partial charge in [0.05, 0.1) is 27.7 Å². The van der Waals surface area contributed by atoms with Gasteiger partial charge in [-0.3, -0.25) is 18.6 Å². The first-order chi connectivity index (χ1) is 45.0. The highest BCUT2D eigenvalue weighted by atomic mass is 31.2. The van der Waals surface area contributed by atoms with Gasteiger partial charge < -0.3 is 18.9 Å². The van der Waals surface area contributed by atoms with E-state index in [1.807, 2.05) is 21.1 Å². The lowest BCUT2D eigenvalue weighted by molar-refractivity contribution is -0.870. The van der Waals surface area contributed by atoms with Gasteiger partial charge in [-0.25, -0.2) is 4.57 Å². The molecular formula is C82H149NO8P+. The summed E-state index contributed by atoms with van der Waals surface area (Å²) in [4.78, 5) is 36.0. The third-order valence-corrected chi connectivity index (χ3v) is 18.1. The van der Waals surface area contributed by atoms with Crippen LogP contribution in [0.2, 0.25) is 0 Å². The van der Waals surface area contributed by atoms with Crippen molar-refractivity contribution in [3.8, 4) is 0 Å². The van der Waals surface area contributed by atoms with Gasteiger partial charge in [-0.1, -0.05) is 368 Å². The Morgan fingerprint density at radius 2 is 0.620 bits per heavy atom. The second-order valence-electron chi connectivity index (χ2n) is 27.4. The Hall–Kier alpha value is -3.07. The van der Waals surface area contributed by atoms with Crippen LogP contribution < -0.4 is 0 Å².